The zero-order chi connectivity index (χ0) is 9.00. The van der Waals surface area contributed by atoms with Gasteiger partial charge in [-0.15, -0.1) is 0 Å². The van der Waals surface area contributed by atoms with Crippen molar-refractivity contribution in [2.75, 3.05) is 0 Å². The van der Waals surface area contributed by atoms with E-state index in [-0.39, 0.29) is 18.9 Å². The van der Waals surface area contributed by atoms with Gasteiger partial charge in [0.2, 0.25) is 10.4 Å². The second kappa shape index (κ2) is 6.13. The van der Waals surface area contributed by atoms with Crippen LogP contribution in [0.25, 0.3) is 0 Å². The van der Waals surface area contributed by atoms with E-state index < -0.39 is 18.2 Å². The Labute approximate surface area is 74.2 Å². The topological polar surface area (TPSA) is 155 Å². The molecule has 4 N–H and O–H groups in total. The number of hydrogen-bond donors (Lipinski definition) is 4. The first-order valence-corrected chi connectivity index (χ1v) is 4.40. The molecule has 0 atom stereocenters. The molecule has 11 heavy (non-hydrogen) atoms. The fraction of sp³-hybridized carbons (Fsp3) is 0. The molecule has 0 amide bonds. The van der Waals surface area contributed by atoms with Gasteiger partial charge in [0.25, 0.3) is 0 Å². The minimum atomic E-state index is -4.92. The van der Waals surface area contributed by atoms with Gasteiger partial charge in [-0.25, -0.2) is 13.0 Å². The molecule has 0 rings (SSSR count). The van der Waals surface area contributed by atoms with Gasteiger partial charge in [-0.05, 0) is 0 Å². The van der Waals surface area contributed by atoms with E-state index in [2.05, 4.69) is 0 Å². The van der Waals surface area contributed by atoms with E-state index in [1.165, 1.54) is 0 Å². The van der Waals surface area contributed by atoms with E-state index >= 15 is 0 Å². The maximum atomic E-state index is 8.88. The van der Waals surface area contributed by atoms with Crippen molar-refractivity contribution < 1.29 is 55.6 Å². The van der Waals surface area contributed by atoms with Gasteiger partial charge < -0.3 is 19.2 Å². The van der Waals surface area contributed by atoms with Gasteiger partial charge >= 0.3 is 26.7 Å². The van der Waals surface area contributed by atoms with Crippen molar-refractivity contribution in [3.63, 3.8) is 0 Å². The first kappa shape index (κ1) is 17.6. The van der Waals surface area contributed by atoms with Gasteiger partial charge in [0.05, 0.1) is 0 Å². The summed E-state index contributed by atoms with van der Waals surface area (Å²) in [5.74, 6) is 0. The first-order chi connectivity index (χ1) is 4.00. The molecule has 0 heterocycles. The van der Waals surface area contributed by atoms with Gasteiger partial charge in [-0.3, -0.25) is 4.55 Å². The summed E-state index contributed by atoms with van der Waals surface area (Å²) in [6.45, 7) is 0. The third-order valence-corrected chi connectivity index (χ3v) is 0. The second-order valence-electron chi connectivity index (χ2n) is 0.941. The Hall–Kier alpha value is 0.577. The Morgan fingerprint density at radius 2 is 1.18 bits per heavy atom. The Balaban J connectivity index is -0.000000107. The molecule has 11 heteroatoms. The Morgan fingerprint density at radius 1 is 1.18 bits per heavy atom. The normalized spacial score (nSPS) is 10.6. The van der Waals surface area contributed by atoms with Crippen molar-refractivity contribution in [2.45, 2.75) is 0 Å². The molecule has 0 aliphatic carbocycles. The van der Waals surface area contributed by atoms with E-state index in [4.69, 9.17) is 36.8 Å². The molecule has 0 spiro atoms. The van der Waals surface area contributed by atoms with Crippen LogP contribution < -0.4 is 18.9 Å². The van der Waals surface area contributed by atoms with Gasteiger partial charge in [0, 0.05) is 0 Å². The van der Waals surface area contributed by atoms with E-state index in [0.29, 0.717) is 0 Å². The summed E-state index contributed by atoms with van der Waals surface area (Å²) < 4.78 is 41.7. The molecular weight excluding hydrogens is 198 g/mol. The predicted molar refractivity (Wildman–Crippen MR) is 26.6 cm³/mol. The fourth-order valence-corrected chi connectivity index (χ4v) is 0. The Kier molecular flexibility index (Phi) is 9.82. The van der Waals surface area contributed by atoms with Crippen LogP contribution in [0.5, 0.6) is 0 Å². The molecule has 0 aliphatic rings. The minimum absolute atomic E-state index is 0. The number of phosphoric acid groups is 1. The number of rotatable bonds is 0. The van der Waals surface area contributed by atoms with Crippen LogP contribution in [0.2, 0.25) is 0 Å². The van der Waals surface area contributed by atoms with Crippen molar-refractivity contribution in [1.82, 2.24) is 0 Å². The molecule has 0 saturated carbocycles. The van der Waals surface area contributed by atoms with Gasteiger partial charge in [0.15, 0.2) is 0 Å². The van der Waals surface area contributed by atoms with Crippen LogP contribution in [0.1, 0.15) is 0 Å². The molecule has 64 valence electrons. The summed E-state index contributed by atoms with van der Waals surface area (Å²) in [4.78, 5) is 21.6. The van der Waals surface area contributed by atoms with Crippen molar-refractivity contribution in [3.05, 3.63) is 0 Å². The summed E-state index contributed by atoms with van der Waals surface area (Å²) in [5.41, 5.74) is 0. The van der Waals surface area contributed by atoms with Crippen molar-refractivity contribution in [2.24, 2.45) is 0 Å². The summed E-state index contributed by atoms with van der Waals surface area (Å²) in [7, 11) is -9.56. The van der Waals surface area contributed by atoms with Crippen LogP contribution in [0.4, 0.5) is 0 Å². The molecular formula is H4LiO8PS. The largest absolute Gasteiger partial charge is 1.00 e. The van der Waals surface area contributed by atoms with Gasteiger partial charge in [-0.1, -0.05) is 0 Å². The zero-order valence-corrected chi connectivity index (χ0v) is 6.99. The second-order valence-corrected chi connectivity index (χ2v) is 2.82. The molecule has 0 aromatic heterocycles. The van der Waals surface area contributed by atoms with E-state index in [9.17, 15) is 0 Å². The fourth-order valence-electron chi connectivity index (χ4n) is 0. The summed E-state index contributed by atoms with van der Waals surface area (Å²) >= 11 is 0. The molecule has 0 aromatic rings. The molecule has 0 saturated heterocycles. The molecule has 0 radical (unpaired) electrons. The smallest absolute Gasteiger partial charge is 0.726 e. The van der Waals surface area contributed by atoms with E-state index in [1.54, 1.807) is 0 Å². The molecule has 8 nitrogen and oxygen atoms in total. The van der Waals surface area contributed by atoms with Crippen LogP contribution >= 0.6 is 7.82 Å². The van der Waals surface area contributed by atoms with E-state index in [0.717, 1.165) is 0 Å². The maximum absolute atomic E-state index is 8.88. The average Bonchev–Trinajstić information content (AvgIpc) is 1.12. The minimum Gasteiger partial charge on any atom is -0.726 e. The van der Waals surface area contributed by atoms with Crippen LogP contribution in [0, 0.1) is 0 Å². The van der Waals surface area contributed by atoms with Gasteiger partial charge in [0.1, 0.15) is 0 Å². The maximum Gasteiger partial charge on any atom is 1.00 e. The van der Waals surface area contributed by atoms with E-state index in [1.807, 2.05) is 0 Å². The Morgan fingerprint density at radius 3 is 1.18 bits per heavy atom. The molecule has 0 fully saturated rings. The van der Waals surface area contributed by atoms with Crippen LogP contribution in [0.3, 0.4) is 0 Å². The monoisotopic (exact) mass is 202 g/mol. The standard InChI is InChI=1S/Li.H3O4P.H2O4S/c;2*1-5(2,3)4/h;(H3,1,2,3,4);(H2,1,2,3,4)/q+1;;/p-1. The van der Waals surface area contributed by atoms with Crippen molar-refractivity contribution in [3.8, 4) is 0 Å². The first-order valence-electron chi connectivity index (χ1n) is 1.47. The summed E-state index contributed by atoms with van der Waals surface area (Å²) in [6, 6.07) is 0. The summed E-state index contributed by atoms with van der Waals surface area (Å²) in [6.07, 6.45) is 0. The summed E-state index contributed by atoms with van der Waals surface area (Å²) in [5, 5.41) is 0. The number of hydrogen-bond acceptors (Lipinski definition) is 4. The van der Waals surface area contributed by atoms with Crippen molar-refractivity contribution >= 4 is 18.2 Å². The van der Waals surface area contributed by atoms with Crippen LogP contribution in [-0.4, -0.2) is 32.2 Å². The third kappa shape index (κ3) is 2330. The molecule has 0 aromatic carbocycles. The predicted octanol–water partition coefficient (Wildman–Crippen LogP) is -4.92. The van der Waals surface area contributed by atoms with Crippen molar-refractivity contribution in [1.29, 1.82) is 0 Å². The third-order valence-electron chi connectivity index (χ3n) is 0. The molecule has 0 aliphatic heterocycles. The Bertz CT molecular complexity index is 192. The molecule has 0 unspecified atom stereocenters. The zero-order valence-electron chi connectivity index (χ0n) is 5.28. The SMILES string of the molecule is O=P(O)(O)O.O=S(=O)([O-])O.[Li+]. The van der Waals surface area contributed by atoms with Crippen LogP contribution in [0.15, 0.2) is 0 Å². The van der Waals surface area contributed by atoms with Gasteiger partial charge in [-0.2, -0.15) is 0 Å². The average molecular weight is 202 g/mol. The van der Waals surface area contributed by atoms with Crippen LogP contribution in [-0.2, 0) is 15.0 Å². The molecule has 0 bridgehead atoms. The quantitative estimate of drug-likeness (QED) is 0.132.